The largest absolute Gasteiger partial charge is 0.497 e. The zero-order chi connectivity index (χ0) is 14.7. The van der Waals surface area contributed by atoms with Gasteiger partial charge in [0.15, 0.2) is 0 Å². The number of aromatic nitrogens is 2. The first kappa shape index (κ1) is 15.1. The number of hydrogen-bond donors (Lipinski definition) is 1. The number of nitrogens with one attached hydrogen (secondary N) is 1. The van der Waals surface area contributed by atoms with Crippen LogP contribution in [0.3, 0.4) is 0 Å². The lowest BCUT2D eigenvalue weighted by atomic mass is 10.1. The Morgan fingerprint density at radius 1 is 1.30 bits per heavy atom. The smallest absolute Gasteiger partial charge is 0.138 e. The Bertz CT molecular complexity index is 619. The van der Waals surface area contributed by atoms with Crippen molar-refractivity contribution >= 4 is 39.0 Å². The third-order valence-corrected chi connectivity index (χ3v) is 3.83. The minimum Gasteiger partial charge on any atom is -0.497 e. The molecule has 0 bridgehead atoms. The van der Waals surface area contributed by atoms with Crippen molar-refractivity contribution in [2.45, 2.75) is 19.8 Å². The van der Waals surface area contributed by atoms with Crippen LogP contribution in [0.4, 0.5) is 11.5 Å². The van der Waals surface area contributed by atoms with Crippen LogP contribution in [0.5, 0.6) is 5.75 Å². The van der Waals surface area contributed by atoms with Crippen LogP contribution in [0.15, 0.2) is 29.0 Å². The molecule has 0 spiro atoms. The lowest BCUT2D eigenvalue weighted by molar-refractivity contribution is 0.415. The first-order valence-electron chi connectivity index (χ1n) is 6.14. The molecule has 0 aliphatic heterocycles. The molecule has 0 aliphatic carbocycles. The Balaban J connectivity index is 2.42. The zero-order valence-electron chi connectivity index (χ0n) is 11.4. The van der Waals surface area contributed by atoms with Gasteiger partial charge in [-0.25, -0.2) is 9.97 Å². The molecule has 106 valence electrons. The molecule has 0 unspecified atom stereocenters. The molecular formula is C14H15BrClN3O. The van der Waals surface area contributed by atoms with Gasteiger partial charge in [0.2, 0.25) is 0 Å². The monoisotopic (exact) mass is 355 g/mol. The first-order chi connectivity index (χ1) is 9.52. The summed E-state index contributed by atoms with van der Waals surface area (Å²) in [6.45, 7) is 4.10. The van der Waals surface area contributed by atoms with Gasteiger partial charge in [0.1, 0.15) is 23.0 Å². The molecular weight excluding hydrogens is 342 g/mol. The van der Waals surface area contributed by atoms with Crippen LogP contribution in [-0.2, 0) is 0 Å². The van der Waals surface area contributed by atoms with Crippen LogP contribution < -0.4 is 10.1 Å². The van der Waals surface area contributed by atoms with Gasteiger partial charge in [0.05, 0.1) is 12.8 Å². The average Bonchev–Trinajstić information content (AvgIpc) is 2.41. The quantitative estimate of drug-likeness (QED) is 0.802. The van der Waals surface area contributed by atoms with Gasteiger partial charge in [-0.05, 0) is 34.0 Å². The second-order valence-corrected chi connectivity index (χ2v) is 5.76. The fraction of sp³-hybridized carbons (Fsp3) is 0.286. The molecule has 0 atom stereocenters. The van der Waals surface area contributed by atoms with Gasteiger partial charge in [0, 0.05) is 16.1 Å². The highest BCUT2D eigenvalue weighted by molar-refractivity contribution is 9.10. The summed E-state index contributed by atoms with van der Waals surface area (Å²) in [5, 5.41) is 3.74. The molecule has 2 aromatic rings. The predicted octanol–water partition coefficient (Wildman–Crippen LogP) is 4.77. The molecule has 1 aromatic carbocycles. The van der Waals surface area contributed by atoms with E-state index < -0.39 is 0 Å². The summed E-state index contributed by atoms with van der Waals surface area (Å²) in [7, 11) is 1.63. The van der Waals surface area contributed by atoms with E-state index in [2.05, 4.69) is 45.1 Å². The third-order valence-electron chi connectivity index (χ3n) is 2.84. The average molecular weight is 357 g/mol. The van der Waals surface area contributed by atoms with E-state index in [1.165, 1.54) is 6.33 Å². The highest BCUT2D eigenvalue weighted by Crippen LogP contribution is 2.34. The summed E-state index contributed by atoms with van der Waals surface area (Å²) >= 11 is 9.66. The van der Waals surface area contributed by atoms with E-state index in [1.807, 2.05) is 18.2 Å². The molecule has 0 saturated heterocycles. The van der Waals surface area contributed by atoms with Crippen molar-refractivity contribution < 1.29 is 4.74 Å². The van der Waals surface area contributed by atoms with Gasteiger partial charge in [-0.15, -0.1) is 0 Å². The van der Waals surface area contributed by atoms with Gasteiger partial charge >= 0.3 is 0 Å². The fourth-order valence-electron chi connectivity index (χ4n) is 1.84. The molecule has 1 N–H and O–H groups in total. The first-order valence-corrected chi connectivity index (χ1v) is 7.31. The van der Waals surface area contributed by atoms with E-state index in [1.54, 1.807) is 7.11 Å². The molecule has 4 nitrogen and oxygen atoms in total. The van der Waals surface area contributed by atoms with Gasteiger partial charge < -0.3 is 10.1 Å². The van der Waals surface area contributed by atoms with Gasteiger partial charge in [0.25, 0.3) is 0 Å². The second-order valence-electron chi connectivity index (χ2n) is 4.55. The number of hydrogen-bond acceptors (Lipinski definition) is 4. The molecule has 0 radical (unpaired) electrons. The van der Waals surface area contributed by atoms with Gasteiger partial charge in [-0.3, -0.25) is 0 Å². The Morgan fingerprint density at radius 2 is 2.05 bits per heavy atom. The maximum absolute atomic E-state index is 6.16. The normalized spacial score (nSPS) is 10.7. The molecule has 6 heteroatoms. The van der Waals surface area contributed by atoms with Crippen LogP contribution in [0.1, 0.15) is 25.3 Å². The molecule has 0 amide bonds. The van der Waals surface area contributed by atoms with Crippen LogP contribution in [0.25, 0.3) is 0 Å². The molecule has 2 rings (SSSR count). The highest BCUT2D eigenvalue weighted by atomic mass is 79.9. The lowest BCUT2D eigenvalue weighted by Crippen LogP contribution is -2.03. The number of anilines is 2. The molecule has 1 aromatic heterocycles. The number of ether oxygens (including phenoxy) is 1. The van der Waals surface area contributed by atoms with Crippen molar-refractivity contribution in [1.29, 1.82) is 0 Å². The van der Waals surface area contributed by atoms with E-state index in [9.17, 15) is 0 Å². The predicted molar refractivity (Wildman–Crippen MR) is 85.1 cm³/mol. The maximum Gasteiger partial charge on any atom is 0.138 e. The standard InChI is InChI=1S/C14H15BrClN3O/c1-8(2)12-13(16)17-7-18-14(12)19-11-6-9(20-3)4-5-10(11)15/h4-8H,1-3H3,(H,17,18,19). The molecule has 0 aliphatic rings. The number of benzene rings is 1. The number of rotatable bonds is 4. The van der Waals surface area contributed by atoms with Crippen LogP contribution in [0, 0.1) is 0 Å². The second kappa shape index (κ2) is 6.41. The lowest BCUT2D eigenvalue weighted by Gasteiger charge is -2.15. The summed E-state index contributed by atoms with van der Waals surface area (Å²) in [5.41, 5.74) is 1.75. The Labute approximate surface area is 131 Å². The van der Waals surface area contributed by atoms with Gasteiger partial charge in [-0.2, -0.15) is 0 Å². The Kier molecular flexibility index (Phi) is 4.83. The van der Waals surface area contributed by atoms with E-state index in [4.69, 9.17) is 16.3 Å². The minimum atomic E-state index is 0.218. The van der Waals surface area contributed by atoms with E-state index >= 15 is 0 Å². The number of nitrogens with zero attached hydrogens (tertiary/aromatic N) is 2. The summed E-state index contributed by atoms with van der Waals surface area (Å²) < 4.78 is 6.15. The highest BCUT2D eigenvalue weighted by Gasteiger charge is 2.14. The summed E-state index contributed by atoms with van der Waals surface area (Å²) in [4.78, 5) is 8.32. The summed E-state index contributed by atoms with van der Waals surface area (Å²) in [5.74, 6) is 1.69. The van der Waals surface area contributed by atoms with Crippen molar-refractivity contribution in [3.63, 3.8) is 0 Å². The van der Waals surface area contributed by atoms with Crippen molar-refractivity contribution in [2.24, 2.45) is 0 Å². The van der Waals surface area contributed by atoms with Gasteiger partial charge in [-0.1, -0.05) is 25.4 Å². The summed E-state index contributed by atoms with van der Waals surface area (Å²) in [6.07, 6.45) is 1.45. The van der Waals surface area contributed by atoms with Crippen LogP contribution in [0.2, 0.25) is 5.15 Å². The zero-order valence-corrected chi connectivity index (χ0v) is 13.8. The fourth-order valence-corrected chi connectivity index (χ4v) is 2.54. The van der Waals surface area contributed by atoms with Crippen molar-refractivity contribution in [1.82, 2.24) is 9.97 Å². The molecule has 1 heterocycles. The SMILES string of the molecule is COc1ccc(Br)c(Nc2ncnc(Cl)c2C(C)C)c1. The minimum absolute atomic E-state index is 0.218. The Morgan fingerprint density at radius 3 is 2.70 bits per heavy atom. The maximum atomic E-state index is 6.16. The van der Waals surface area contributed by atoms with E-state index in [-0.39, 0.29) is 5.92 Å². The van der Waals surface area contributed by atoms with E-state index in [0.29, 0.717) is 11.0 Å². The topological polar surface area (TPSA) is 47.0 Å². The molecule has 0 saturated carbocycles. The van der Waals surface area contributed by atoms with Crippen LogP contribution >= 0.6 is 27.5 Å². The third kappa shape index (κ3) is 3.22. The van der Waals surface area contributed by atoms with Crippen molar-refractivity contribution in [3.05, 3.63) is 39.7 Å². The molecule has 0 fully saturated rings. The number of methoxy groups -OCH3 is 1. The number of halogens is 2. The summed E-state index contributed by atoms with van der Waals surface area (Å²) in [6, 6.07) is 5.69. The Hall–Kier alpha value is -1.33. The van der Waals surface area contributed by atoms with E-state index in [0.717, 1.165) is 21.5 Å². The van der Waals surface area contributed by atoms with Crippen molar-refractivity contribution in [2.75, 3.05) is 12.4 Å². The van der Waals surface area contributed by atoms with Crippen molar-refractivity contribution in [3.8, 4) is 5.75 Å². The van der Waals surface area contributed by atoms with Crippen LogP contribution in [-0.4, -0.2) is 17.1 Å². The molecule has 20 heavy (non-hydrogen) atoms.